The molecule has 0 N–H and O–H groups in total. The van der Waals surface area contributed by atoms with Gasteiger partial charge in [-0.05, 0) is 131 Å². The maximum atomic E-state index is 2.54. The Morgan fingerprint density at radius 2 is 0.824 bits per heavy atom. The summed E-state index contributed by atoms with van der Waals surface area (Å²) in [4.78, 5) is 0. The quantitative estimate of drug-likeness (QED) is 0.187. The van der Waals surface area contributed by atoms with Gasteiger partial charge >= 0.3 is 0 Å². The van der Waals surface area contributed by atoms with E-state index in [1.54, 1.807) is 43.8 Å². The second kappa shape index (κ2) is 11.1. The third-order valence-electron chi connectivity index (χ3n) is 8.10. The van der Waals surface area contributed by atoms with Crippen molar-refractivity contribution in [3.8, 4) is 0 Å². The molecule has 0 spiro atoms. The first-order valence-electron chi connectivity index (χ1n) is 14.3. The average Bonchev–Trinajstić information content (AvgIpc) is 2.84. The molecule has 0 nitrogen and oxygen atoms in total. The lowest BCUT2D eigenvalue weighted by Gasteiger charge is -2.25. The standard InChI is InChI=1S/C34H46/c1-7-11-15-25-21-23(5)31-29(17-13-9-3)30(18-14-10-4)32-24(6)22-26(16-12-8-2)28-20-19-27(25)33(31)34(28)32/h19-22H,7-18H2,1-6H3. The summed E-state index contributed by atoms with van der Waals surface area (Å²) in [6, 6.07) is 10.0. The molecule has 4 rings (SSSR count). The van der Waals surface area contributed by atoms with E-state index in [-0.39, 0.29) is 0 Å². The fraction of sp³-hybridized carbons (Fsp3) is 0.529. The highest BCUT2D eigenvalue weighted by Gasteiger charge is 2.22. The molecule has 0 bridgehead atoms. The van der Waals surface area contributed by atoms with Crippen LogP contribution in [0.5, 0.6) is 0 Å². The smallest absolute Gasteiger partial charge is 0.00182 e. The van der Waals surface area contributed by atoms with Gasteiger partial charge in [-0.1, -0.05) is 77.6 Å². The van der Waals surface area contributed by atoms with Gasteiger partial charge in [-0.15, -0.1) is 0 Å². The third kappa shape index (κ3) is 4.46. The SMILES string of the molecule is CCCCc1cc(C)c2c(CCCC)c(CCCC)c3c(C)cc(CCCC)c4ccc1c2c43. The number of hydrogen-bond donors (Lipinski definition) is 0. The predicted molar refractivity (Wildman–Crippen MR) is 154 cm³/mol. The van der Waals surface area contributed by atoms with Gasteiger partial charge in [-0.3, -0.25) is 0 Å². The van der Waals surface area contributed by atoms with Crippen LogP contribution in [0.4, 0.5) is 0 Å². The summed E-state index contributed by atoms with van der Waals surface area (Å²) in [5, 5.41) is 9.43. The van der Waals surface area contributed by atoms with Crippen LogP contribution < -0.4 is 0 Å². The number of aryl methyl sites for hydroxylation is 6. The molecule has 0 aliphatic rings. The van der Waals surface area contributed by atoms with E-state index >= 15 is 0 Å². The largest absolute Gasteiger partial charge is 0.0654 e. The number of rotatable bonds is 12. The van der Waals surface area contributed by atoms with Crippen molar-refractivity contribution in [1.82, 2.24) is 0 Å². The molecule has 182 valence electrons. The average molecular weight is 455 g/mol. The van der Waals surface area contributed by atoms with Crippen LogP contribution in [0, 0.1) is 13.8 Å². The molecule has 0 radical (unpaired) electrons. The summed E-state index contributed by atoms with van der Waals surface area (Å²) in [7, 11) is 0. The topological polar surface area (TPSA) is 0 Å². The van der Waals surface area contributed by atoms with E-state index in [1.165, 1.54) is 98.9 Å². The van der Waals surface area contributed by atoms with E-state index < -0.39 is 0 Å². The molecule has 0 amide bonds. The van der Waals surface area contributed by atoms with E-state index in [9.17, 15) is 0 Å². The van der Waals surface area contributed by atoms with Crippen LogP contribution in [-0.4, -0.2) is 0 Å². The fourth-order valence-corrected chi connectivity index (χ4v) is 6.36. The van der Waals surface area contributed by atoms with E-state index in [0.717, 1.165) is 0 Å². The van der Waals surface area contributed by atoms with Crippen LogP contribution in [0.15, 0.2) is 24.3 Å². The number of benzene rings is 4. The van der Waals surface area contributed by atoms with Gasteiger partial charge in [-0.2, -0.15) is 0 Å². The highest BCUT2D eigenvalue weighted by atomic mass is 14.3. The molecule has 0 heteroatoms. The van der Waals surface area contributed by atoms with Crippen molar-refractivity contribution in [2.45, 2.75) is 119 Å². The zero-order valence-electron chi connectivity index (χ0n) is 22.8. The Morgan fingerprint density at radius 1 is 0.471 bits per heavy atom. The van der Waals surface area contributed by atoms with Crippen molar-refractivity contribution in [3.63, 3.8) is 0 Å². The molecule has 4 aromatic rings. The molecular formula is C34H46. The van der Waals surface area contributed by atoms with Gasteiger partial charge in [0.15, 0.2) is 0 Å². The lowest BCUT2D eigenvalue weighted by molar-refractivity contribution is 0.765. The lowest BCUT2D eigenvalue weighted by Crippen LogP contribution is -2.05. The maximum absolute atomic E-state index is 2.54. The van der Waals surface area contributed by atoms with Gasteiger partial charge < -0.3 is 0 Å². The van der Waals surface area contributed by atoms with E-state index in [4.69, 9.17) is 0 Å². The number of hydrogen-bond acceptors (Lipinski definition) is 0. The summed E-state index contributed by atoms with van der Waals surface area (Å²) in [6.07, 6.45) is 14.9. The fourth-order valence-electron chi connectivity index (χ4n) is 6.36. The highest BCUT2D eigenvalue weighted by molar-refractivity contribution is 6.27. The predicted octanol–water partition coefficient (Wildman–Crippen LogP) is 10.6. The first kappa shape index (κ1) is 25.0. The highest BCUT2D eigenvalue weighted by Crippen LogP contribution is 2.45. The number of unbranched alkanes of at least 4 members (excludes halogenated alkanes) is 4. The normalized spacial score (nSPS) is 12.1. The molecule has 0 saturated carbocycles. The third-order valence-corrected chi connectivity index (χ3v) is 8.10. The molecule has 0 atom stereocenters. The summed E-state index contributed by atoms with van der Waals surface area (Å²) in [5.41, 5.74) is 9.49. The summed E-state index contributed by atoms with van der Waals surface area (Å²) in [6.45, 7) is 14.1. The van der Waals surface area contributed by atoms with Crippen LogP contribution in [0.1, 0.15) is 112 Å². The van der Waals surface area contributed by atoms with Crippen molar-refractivity contribution < 1.29 is 0 Å². The second-order valence-electron chi connectivity index (χ2n) is 10.7. The zero-order chi connectivity index (χ0) is 24.2. The minimum Gasteiger partial charge on any atom is -0.0654 e. The molecular weight excluding hydrogens is 408 g/mol. The van der Waals surface area contributed by atoms with Crippen LogP contribution in [0.2, 0.25) is 0 Å². The van der Waals surface area contributed by atoms with Crippen LogP contribution in [0.3, 0.4) is 0 Å². The molecule has 0 fully saturated rings. The Balaban J connectivity index is 2.19. The van der Waals surface area contributed by atoms with Gasteiger partial charge in [0.05, 0.1) is 0 Å². The van der Waals surface area contributed by atoms with Crippen LogP contribution in [0.25, 0.3) is 32.3 Å². The molecule has 4 aromatic carbocycles. The maximum Gasteiger partial charge on any atom is -0.00182 e. The zero-order valence-corrected chi connectivity index (χ0v) is 22.8. The van der Waals surface area contributed by atoms with Gasteiger partial charge in [0, 0.05) is 0 Å². The summed E-state index contributed by atoms with van der Waals surface area (Å²) in [5.74, 6) is 0. The van der Waals surface area contributed by atoms with Gasteiger partial charge in [0.25, 0.3) is 0 Å². The Labute approximate surface area is 208 Å². The molecule has 0 unspecified atom stereocenters. The first-order chi connectivity index (χ1) is 16.6. The molecule has 0 heterocycles. The molecule has 34 heavy (non-hydrogen) atoms. The molecule has 0 saturated heterocycles. The van der Waals surface area contributed by atoms with Crippen molar-refractivity contribution in [3.05, 3.63) is 57.6 Å². The lowest BCUT2D eigenvalue weighted by atomic mass is 9.78. The van der Waals surface area contributed by atoms with E-state index in [2.05, 4.69) is 65.8 Å². The minimum absolute atomic E-state index is 1.19. The Hall–Kier alpha value is -2.08. The monoisotopic (exact) mass is 454 g/mol. The Bertz CT molecular complexity index is 1160. The molecule has 0 aliphatic carbocycles. The van der Waals surface area contributed by atoms with Crippen molar-refractivity contribution in [2.75, 3.05) is 0 Å². The van der Waals surface area contributed by atoms with E-state index in [1.807, 2.05) is 0 Å². The van der Waals surface area contributed by atoms with Gasteiger partial charge in [0.2, 0.25) is 0 Å². The van der Waals surface area contributed by atoms with Crippen molar-refractivity contribution in [1.29, 1.82) is 0 Å². The van der Waals surface area contributed by atoms with Crippen LogP contribution >= 0.6 is 0 Å². The molecule has 0 aliphatic heterocycles. The Kier molecular flexibility index (Phi) is 8.18. The van der Waals surface area contributed by atoms with Crippen molar-refractivity contribution >= 4 is 32.3 Å². The summed E-state index contributed by atoms with van der Waals surface area (Å²) < 4.78 is 0. The van der Waals surface area contributed by atoms with Crippen molar-refractivity contribution in [2.24, 2.45) is 0 Å². The minimum atomic E-state index is 1.19. The Morgan fingerprint density at radius 3 is 1.18 bits per heavy atom. The van der Waals surface area contributed by atoms with E-state index in [0.29, 0.717) is 0 Å². The van der Waals surface area contributed by atoms with Gasteiger partial charge in [0.1, 0.15) is 0 Å². The molecule has 0 aromatic heterocycles. The van der Waals surface area contributed by atoms with Gasteiger partial charge in [-0.25, -0.2) is 0 Å². The first-order valence-corrected chi connectivity index (χ1v) is 14.3. The second-order valence-corrected chi connectivity index (χ2v) is 10.7. The summed E-state index contributed by atoms with van der Waals surface area (Å²) >= 11 is 0. The van der Waals surface area contributed by atoms with Crippen LogP contribution in [-0.2, 0) is 25.7 Å².